The van der Waals surface area contributed by atoms with Crippen molar-refractivity contribution in [1.82, 2.24) is 15.1 Å². The molecule has 1 amide bonds. The monoisotopic (exact) mass is 519 g/mol. The first-order valence-corrected chi connectivity index (χ1v) is 13.3. The van der Waals surface area contributed by atoms with E-state index in [4.69, 9.17) is 16.3 Å². The number of nitrogens with one attached hydrogen (secondary N) is 2. The summed E-state index contributed by atoms with van der Waals surface area (Å²) in [5.74, 6) is 0.370. The Labute approximate surface area is 220 Å². The van der Waals surface area contributed by atoms with Crippen LogP contribution in [-0.2, 0) is 9.53 Å². The molecule has 1 aliphatic heterocycles. The SMILES string of the molecule is N#Cc1ccc(Cl)c(-c2ccc3c(c2)c(NC(=O)[C@@H]2CCCNC2)nn3C(=O)OCC2CCCCC2)c1. The molecule has 2 aromatic carbocycles. The highest BCUT2D eigenvalue weighted by atomic mass is 35.5. The Balaban J connectivity index is 1.49. The number of piperidine rings is 1. The van der Waals surface area contributed by atoms with Gasteiger partial charge < -0.3 is 15.4 Å². The molecule has 0 bridgehead atoms. The molecule has 9 heteroatoms. The molecule has 2 heterocycles. The first-order valence-electron chi connectivity index (χ1n) is 12.9. The zero-order valence-electron chi connectivity index (χ0n) is 20.6. The minimum atomic E-state index is -0.562. The molecule has 1 saturated carbocycles. The zero-order valence-corrected chi connectivity index (χ0v) is 21.4. The highest BCUT2D eigenvalue weighted by molar-refractivity contribution is 6.33. The smallest absolute Gasteiger partial charge is 0.435 e. The number of rotatable bonds is 5. The van der Waals surface area contributed by atoms with Crippen molar-refractivity contribution in [1.29, 1.82) is 5.26 Å². The van der Waals surface area contributed by atoms with Crippen LogP contribution in [0.2, 0.25) is 5.02 Å². The van der Waals surface area contributed by atoms with Crippen LogP contribution in [0, 0.1) is 23.2 Å². The fourth-order valence-electron chi connectivity index (χ4n) is 5.23. The number of anilines is 1. The number of hydrogen-bond acceptors (Lipinski definition) is 6. The molecule has 1 saturated heterocycles. The summed E-state index contributed by atoms with van der Waals surface area (Å²) in [4.78, 5) is 26.1. The molecule has 0 unspecified atom stereocenters. The molecule has 0 spiro atoms. The van der Waals surface area contributed by atoms with Crippen molar-refractivity contribution in [2.24, 2.45) is 11.8 Å². The van der Waals surface area contributed by atoms with Gasteiger partial charge in [0.05, 0.1) is 29.7 Å². The summed E-state index contributed by atoms with van der Waals surface area (Å²) in [7, 11) is 0. The number of hydrogen-bond donors (Lipinski definition) is 2. The van der Waals surface area contributed by atoms with E-state index in [1.54, 1.807) is 24.3 Å². The van der Waals surface area contributed by atoms with Gasteiger partial charge in [-0.1, -0.05) is 36.9 Å². The van der Waals surface area contributed by atoms with Crippen LogP contribution in [0.25, 0.3) is 22.0 Å². The maximum Gasteiger partial charge on any atom is 0.435 e. The van der Waals surface area contributed by atoms with Crippen LogP contribution in [0.4, 0.5) is 10.6 Å². The van der Waals surface area contributed by atoms with Crippen molar-refractivity contribution in [3.8, 4) is 17.2 Å². The second-order valence-electron chi connectivity index (χ2n) is 9.91. The Morgan fingerprint density at radius 2 is 1.97 bits per heavy atom. The van der Waals surface area contributed by atoms with E-state index in [1.165, 1.54) is 11.1 Å². The predicted molar refractivity (Wildman–Crippen MR) is 142 cm³/mol. The van der Waals surface area contributed by atoms with E-state index in [1.807, 2.05) is 12.1 Å². The molecule has 1 aromatic heterocycles. The van der Waals surface area contributed by atoms with E-state index in [-0.39, 0.29) is 11.8 Å². The lowest BCUT2D eigenvalue weighted by atomic mass is 9.90. The average molecular weight is 520 g/mol. The molecule has 1 atom stereocenters. The van der Waals surface area contributed by atoms with Gasteiger partial charge in [0.15, 0.2) is 5.82 Å². The van der Waals surface area contributed by atoms with E-state index in [9.17, 15) is 14.9 Å². The van der Waals surface area contributed by atoms with Gasteiger partial charge in [-0.25, -0.2) is 4.79 Å². The number of carbonyl (C=O) groups excluding carboxylic acids is 2. The minimum Gasteiger partial charge on any atom is -0.448 e. The Kier molecular flexibility index (Phi) is 7.73. The Morgan fingerprint density at radius 1 is 1.14 bits per heavy atom. The van der Waals surface area contributed by atoms with E-state index in [0.29, 0.717) is 51.9 Å². The molecule has 0 radical (unpaired) electrons. The number of nitriles is 1. The van der Waals surface area contributed by atoms with E-state index >= 15 is 0 Å². The number of nitrogens with zero attached hydrogens (tertiary/aromatic N) is 3. The lowest BCUT2D eigenvalue weighted by Gasteiger charge is -2.21. The lowest BCUT2D eigenvalue weighted by molar-refractivity contribution is -0.120. The van der Waals surface area contributed by atoms with Crippen LogP contribution in [0.3, 0.4) is 0 Å². The van der Waals surface area contributed by atoms with Gasteiger partial charge in [0.25, 0.3) is 0 Å². The van der Waals surface area contributed by atoms with E-state index < -0.39 is 6.09 Å². The van der Waals surface area contributed by atoms with E-state index in [0.717, 1.165) is 50.6 Å². The molecule has 5 rings (SSSR count). The third-order valence-electron chi connectivity index (χ3n) is 7.34. The summed E-state index contributed by atoms with van der Waals surface area (Å²) in [6.45, 7) is 1.88. The second-order valence-corrected chi connectivity index (χ2v) is 10.3. The molecule has 192 valence electrons. The first-order chi connectivity index (χ1) is 18.0. The number of aromatic nitrogens is 2. The fraction of sp³-hybridized carbons (Fsp3) is 0.429. The van der Waals surface area contributed by atoms with Crippen molar-refractivity contribution in [2.45, 2.75) is 44.9 Å². The van der Waals surface area contributed by atoms with Crippen molar-refractivity contribution >= 4 is 40.3 Å². The molecule has 3 aromatic rings. The number of benzene rings is 2. The van der Waals surface area contributed by atoms with Gasteiger partial charge in [-0.2, -0.15) is 9.94 Å². The zero-order chi connectivity index (χ0) is 25.8. The summed E-state index contributed by atoms with van der Waals surface area (Å²) < 4.78 is 6.88. The Bertz CT molecular complexity index is 1350. The topological polar surface area (TPSA) is 109 Å². The van der Waals surface area contributed by atoms with Gasteiger partial charge in [-0.15, -0.1) is 5.10 Å². The summed E-state index contributed by atoms with van der Waals surface area (Å²) in [5.41, 5.74) is 2.45. The molecule has 2 N–H and O–H groups in total. The van der Waals surface area contributed by atoms with Crippen molar-refractivity contribution in [3.63, 3.8) is 0 Å². The van der Waals surface area contributed by atoms with Gasteiger partial charge in [0, 0.05) is 22.5 Å². The number of fused-ring (bicyclic) bond motifs is 1. The Morgan fingerprint density at radius 3 is 2.73 bits per heavy atom. The summed E-state index contributed by atoms with van der Waals surface area (Å²) in [6.07, 6.45) is 6.85. The summed E-state index contributed by atoms with van der Waals surface area (Å²) >= 11 is 6.45. The summed E-state index contributed by atoms with van der Waals surface area (Å²) in [6, 6.07) is 12.6. The maximum atomic E-state index is 13.1. The van der Waals surface area contributed by atoms with Gasteiger partial charge in [-0.05, 0) is 74.0 Å². The van der Waals surface area contributed by atoms with Crippen LogP contribution in [0.1, 0.15) is 50.5 Å². The molecule has 1 aliphatic carbocycles. The highest BCUT2D eigenvalue weighted by Crippen LogP contribution is 2.34. The number of carbonyl (C=O) groups is 2. The van der Waals surface area contributed by atoms with Gasteiger partial charge in [0.1, 0.15) is 0 Å². The van der Waals surface area contributed by atoms with Gasteiger partial charge >= 0.3 is 6.09 Å². The quantitative estimate of drug-likeness (QED) is 0.445. The van der Waals surface area contributed by atoms with Crippen LogP contribution in [-0.4, -0.2) is 41.5 Å². The molecule has 2 fully saturated rings. The van der Waals surface area contributed by atoms with Crippen LogP contribution < -0.4 is 10.6 Å². The molecular weight excluding hydrogens is 490 g/mol. The van der Waals surface area contributed by atoms with Crippen LogP contribution in [0.5, 0.6) is 0 Å². The Hall–Kier alpha value is -3.41. The van der Waals surface area contributed by atoms with Crippen molar-refractivity contribution < 1.29 is 14.3 Å². The third kappa shape index (κ3) is 5.63. The average Bonchev–Trinajstić information content (AvgIpc) is 3.30. The fourth-order valence-corrected chi connectivity index (χ4v) is 5.46. The third-order valence-corrected chi connectivity index (χ3v) is 7.67. The number of halogens is 1. The van der Waals surface area contributed by atoms with E-state index in [2.05, 4.69) is 21.8 Å². The standard InChI is InChI=1S/C28H30ClN5O3/c29-24-10-8-19(15-30)13-22(24)20-9-11-25-23(14-20)26(32-27(35)21-7-4-12-31-16-21)33-34(25)28(36)37-17-18-5-2-1-3-6-18/h8-11,13-14,18,21,31H,1-7,12,16-17H2,(H,32,33,35)/t21-/m1/s1. The van der Waals surface area contributed by atoms with Gasteiger partial charge in [0.2, 0.25) is 5.91 Å². The summed E-state index contributed by atoms with van der Waals surface area (Å²) in [5, 5.41) is 21.1. The lowest BCUT2D eigenvalue weighted by Crippen LogP contribution is -2.37. The molecule has 2 aliphatic rings. The largest absolute Gasteiger partial charge is 0.448 e. The van der Waals surface area contributed by atoms with Crippen LogP contribution >= 0.6 is 11.6 Å². The van der Waals surface area contributed by atoms with Gasteiger partial charge in [-0.3, -0.25) is 4.79 Å². The van der Waals surface area contributed by atoms with Crippen molar-refractivity contribution in [3.05, 3.63) is 47.0 Å². The minimum absolute atomic E-state index is 0.135. The first kappa shape index (κ1) is 25.2. The molecule has 8 nitrogen and oxygen atoms in total. The number of ether oxygens (including phenoxy) is 1. The van der Waals surface area contributed by atoms with Crippen LogP contribution in [0.15, 0.2) is 36.4 Å². The number of amides is 1. The maximum absolute atomic E-state index is 13.1. The normalized spacial score (nSPS) is 18.3. The molecule has 37 heavy (non-hydrogen) atoms. The predicted octanol–water partition coefficient (Wildman–Crippen LogP) is 5.73. The molecular formula is C28H30ClN5O3. The second kappa shape index (κ2) is 11.3. The highest BCUT2D eigenvalue weighted by Gasteiger charge is 2.25. The van der Waals surface area contributed by atoms with Crippen molar-refractivity contribution in [2.75, 3.05) is 25.0 Å².